The lowest BCUT2D eigenvalue weighted by Gasteiger charge is -2.30. The number of carbonyl (C=O) groups excluding carboxylic acids is 2. The van der Waals surface area contributed by atoms with E-state index in [-0.39, 0.29) is 13.2 Å². The van der Waals surface area contributed by atoms with Crippen molar-refractivity contribution in [2.45, 2.75) is 26.5 Å². The van der Waals surface area contributed by atoms with Crippen LogP contribution in [0.25, 0.3) is 0 Å². The van der Waals surface area contributed by atoms with Crippen LogP contribution in [0.1, 0.15) is 36.6 Å². The third-order valence-electron chi connectivity index (χ3n) is 6.09. The van der Waals surface area contributed by atoms with Crippen molar-refractivity contribution in [3.05, 3.63) is 102 Å². The van der Waals surface area contributed by atoms with E-state index in [0.717, 1.165) is 14.7 Å². The maximum atomic E-state index is 12.7. The fraction of sp³-hybridized carbons (Fsp3) is 0.200. The van der Waals surface area contributed by atoms with E-state index < -0.39 is 17.9 Å². The van der Waals surface area contributed by atoms with Crippen molar-refractivity contribution >= 4 is 81.2 Å². The molecule has 0 bridgehead atoms. The summed E-state index contributed by atoms with van der Waals surface area (Å²) in [4.78, 5) is 25.2. The Kier molecular flexibility index (Phi) is 11.6. The standard InChI is InChI=1S/C30H27Cl2IN4O5S/c1-3-40-29(39)27-17(2)35-30(43)36-28(27)20-6-4-5-7-24(20)42-16-26(38)37-34-14-18-9-11-25(23(33)13-18)41-15-19-8-10-21(31)22(32)12-19/h4-14,28H,3,15-16H2,1-2H3,(H,37,38)(H2,35,36,43)/t28-/m0/s1. The molecule has 4 rings (SSSR count). The summed E-state index contributed by atoms with van der Waals surface area (Å²) in [6, 6.07) is 17.3. The van der Waals surface area contributed by atoms with E-state index in [2.05, 4.69) is 43.8 Å². The van der Waals surface area contributed by atoms with Gasteiger partial charge in [-0.2, -0.15) is 5.10 Å². The molecular weight excluding hydrogens is 726 g/mol. The number of hydrogen-bond acceptors (Lipinski definition) is 7. The molecule has 1 amide bonds. The van der Waals surface area contributed by atoms with E-state index in [9.17, 15) is 9.59 Å². The number of benzene rings is 3. The minimum Gasteiger partial charge on any atom is -0.488 e. The molecule has 224 valence electrons. The quantitative estimate of drug-likeness (QED) is 0.0714. The summed E-state index contributed by atoms with van der Waals surface area (Å²) < 4.78 is 17.8. The Bertz CT molecular complexity index is 1600. The molecule has 3 aromatic rings. The largest absolute Gasteiger partial charge is 0.488 e. The van der Waals surface area contributed by atoms with Gasteiger partial charge in [0.15, 0.2) is 11.7 Å². The fourth-order valence-electron chi connectivity index (χ4n) is 4.12. The van der Waals surface area contributed by atoms with Gasteiger partial charge in [0.2, 0.25) is 0 Å². The number of nitrogens with one attached hydrogen (secondary N) is 3. The van der Waals surface area contributed by atoms with E-state index in [4.69, 9.17) is 49.6 Å². The number of para-hydroxylation sites is 1. The first-order valence-corrected chi connectivity index (χ1v) is 15.3. The summed E-state index contributed by atoms with van der Waals surface area (Å²) in [5.74, 6) is 0.160. The van der Waals surface area contributed by atoms with Crippen LogP contribution in [0.2, 0.25) is 10.0 Å². The predicted molar refractivity (Wildman–Crippen MR) is 179 cm³/mol. The zero-order valence-corrected chi connectivity index (χ0v) is 27.6. The highest BCUT2D eigenvalue weighted by Crippen LogP contribution is 2.33. The average molecular weight is 753 g/mol. The number of nitrogens with zero attached hydrogens (tertiary/aromatic N) is 1. The normalized spacial score (nSPS) is 14.6. The molecule has 0 aliphatic carbocycles. The molecule has 1 aliphatic rings. The van der Waals surface area contributed by atoms with Crippen LogP contribution in [-0.4, -0.2) is 36.4 Å². The van der Waals surface area contributed by atoms with Crippen LogP contribution in [0, 0.1) is 3.57 Å². The third-order valence-corrected chi connectivity index (χ3v) is 7.89. The number of hydrazone groups is 1. The van der Waals surface area contributed by atoms with Crippen molar-refractivity contribution < 1.29 is 23.8 Å². The molecule has 9 nitrogen and oxygen atoms in total. The minimum atomic E-state index is -0.622. The minimum absolute atomic E-state index is 0.225. The van der Waals surface area contributed by atoms with Crippen molar-refractivity contribution in [2.75, 3.05) is 13.2 Å². The van der Waals surface area contributed by atoms with E-state index in [1.807, 2.05) is 30.3 Å². The number of allylic oxidation sites excluding steroid dienone is 1. The molecule has 0 saturated heterocycles. The zero-order chi connectivity index (χ0) is 30.9. The topological polar surface area (TPSA) is 110 Å². The van der Waals surface area contributed by atoms with Gasteiger partial charge in [0, 0.05) is 11.3 Å². The van der Waals surface area contributed by atoms with Gasteiger partial charge >= 0.3 is 5.97 Å². The predicted octanol–water partition coefficient (Wildman–Crippen LogP) is 6.06. The van der Waals surface area contributed by atoms with Gasteiger partial charge in [-0.05, 0) is 96.2 Å². The number of thiocarbonyl (C=S) groups is 1. The molecule has 0 spiro atoms. The van der Waals surface area contributed by atoms with Crippen molar-refractivity contribution in [1.29, 1.82) is 0 Å². The molecule has 3 aromatic carbocycles. The first-order chi connectivity index (χ1) is 20.7. The molecule has 0 aromatic heterocycles. The lowest BCUT2D eigenvalue weighted by molar-refractivity contribution is -0.139. The number of hydrogen-bond donors (Lipinski definition) is 3. The van der Waals surface area contributed by atoms with Crippen molar-refractivity contribution in [1.82, 2.24) is 16.1 Å². The Morgan fingerprint density at radius 3 is 2.60 bits per heavy atom. The number of ether oxygens (including phenoxy) is 3. The molecule has 0 radical (unpaired) electrons. The van der Waals surface area contributed by atoms with E-state index in [1.165, 1.54) is 6.21 Å². The zero-order valence-electron chi connectivity index (χ0n) is 23.1. The Hall–Kier alpha value is -3.39. The van der Waals surface area contributed by atoms with Crippen LogP contribution in [-0.2, 0) is 20.9 Å². The highest BCUT2D eigenvalue weighted by Gasteiger charge is 2.32. The SMILES string of the molecule is CCOC(=O)C1=C(C)NC(=S)N[C@H]1c1ccccc1OCC(=O)NN=Cc1ccc(OCc2ccc(Cl)c(Cl)c2)c(I)c1. The Labute approximate surface area is 278 Å². The summed E-state index contributed by atoms with van der Waals surface area (Å²) in [5.41, 5.74) is 5.70. The summed E-state index contributed by atoms with van der Waals surface area (Å²) in [5, 5.41) is 11.4. The van der Waals surface area contributed by atoms with Gasteiger partial charge in [0.05, 0.1) is 38.1 Å². The van der Waals surface area contributed by atoms with Gasteiger partial charge in [-0.3, -0.25) is 4.79 Å². The van der Waals surface area contributed by atoms with Gasteiger partial charge in [-0.1, -0.05) is 47.5 Å². The Balaban J connectivity index is 1.35. The molecule has 13 heteroatoms. The van der Waals surface area contributed by atoms with Crippen molar-refractivity contribution in [3.63, 3.8) is 0 Å². The lowest BCUT2D eigenvalue weighted by atomic mass is 9.95. The maximum Gasteiger partial charge on any atom is 0.338 e. The van der Waals surface area contributed by atoms with Gasteiger partial charge in [-0.25, -0.2) is 10.2 Å². The second-order valence-corrected chi connectivity index (χ2v) is 11.5. The molecule has 1 aliphatic heterocycles. The molecule has 0 saturated carbocycles. The number of halogens is 3. The van der Waals surface area contributed by atoms with Crippen LogP contribution in [0.15, 0.2) is 77.0 Å². The van der Waals surface area contributed by atoms with Gasteiger partial charge in [0.25, 0.3) is 5.91 Å². The molecule has 3 N–H and O–H groups in total. The first kappa shape index (κ1) is 32.5. The Morgan fingerprint density at radius 2 is 1.86 bits per heavy atom. The molecule has 1 heterocycles. The number of rotatable bonds is 11. The van der Waals surface area contributed by atoms with Gasteiger partial charge < -0.3 is 24.8 Å². The summed E-state index contributed by atoms with van der Waals surface area (Å²) >= 11 is 19.5. The lowest BCUT2D eigenvalue weighted by Crippen LogP contribution is -2.45. The highest BCUT2D eigenvalue weighted by atomic mass is 127. The van der Waals surface area contributed by atoms with Gasteiger partial charge in [-0.15, -0.1) is 0 Å². The summed E-state index contributed by atoms with van der Waals surface area (Å²) in [6.45, 7) is 3.74. The van der Waals surface area contributed by atoms with E-state index in [0.29, 0.717) is 50.1 Å². The molecule has 43 heavy (non-hydrogen) atoms. The number of esters is 1. The van der Waals surface area contributed by atoms with Crippen LogP contribution in [0.5, 0.6) is 11.5 Å². The Morgan fingerprint density at radius 1 is 1.07 bits per heavy atom. The number of amides is 1. The highest BCUT2D eigenvalue weighted by molar-refractivity contribution is 14.1. The van der Waals surface area contributed by atoms with Crippen LogP contribution in [0.4, 0.5) is 0 Å². The van der Waals surface area contributed by atoms with Crippen LogP contribution in [0.3, 0.4) is 0 Å². The summed E-state index contributed by atoms with van der Waals surface area (Å²) in [6.07, 6.45) is 1.52. The molecule has 0 unspecified atom stereocenters. The summed E-state index contributed by atoms with van der Waals surface area (Å²) in [7, 11) is 0. The fourth-order valence-corrected chi connectivity index (χ4v) is 5.40. The third kappa shape index (κ3) is 8.82. The molecular formula is C30H27Cl2IN4O5S. The monoisotopic (exact) mass is 752 g/mol. The maximum absolute atomic E-state index is 12.7. The van der Waals surface area contributed by atoms with E-state index in [1.54, 1.807) is 44.2 Å². The van der Waals surface area contributed by atoms with Crippen LogP contribution >= 0.6 is 58.0 Å². The second kappa shape index (κ2) is 15.4. The molecule has 0 fully saturated rings. The first-order valence-electron chi connectivity index (χ1n) is 13.0. The van der Waals surface area contributed by atoms with Crippen LogP contribution < -0.4 is 25.5 Å². The smallest absolute Gasteiger partial charge is 0.338 e. The molecule has 1 atom stereocenters. The average Bonchev–Trinajstić information content (AvgIpc) is 2.97. The van der Waals surface area contributed by atoms with Crippen molar-refractivity contribution in [2.24, 2.45) is 5.10 Å². The van der Waals surface area contributed by atoms with Gasteiger partial charge in [0.1, 0.15) is 18.1 Å². The number of carbonyl (C=O) groups is 2. The van der Waals surface area contributed by atoms with Crippen molar-refractivity contribution in [3.8, 4) is 11.5 Å². The van der Waals surface area contributed by atoms with E-state index >= 15 is 0 Å². The second-order valence-electron chi connectivity index (χ2n) is 9.14.